The molecule has 1 N–H and O–H groups in total. The maximum absolute atomic E-state index is 14.5. The number of benzene rings is 3. The second kappa shape index (κ2) is 9.20. The lowest BCUT2D eigenvalue weighted by Gasteiger charge is -2.36. The summed E-state index contributed by atoms with van der Waals surface area (Å²) in [6.45, 7) is 3.91. The fourth-order valence-electron chi connectivity index (χ4n) is 5.31. The summed E-state index contributed by atoms with van der Waals surface area (Å²) in [6.07, 6.45) is 2.50. The number of methoxy groups -OCH3 is 1. The molecule has 8 nitrogen and oxygen atoms in total. The maximum atomic E-state index is 14.5. The third kappa shape index (κ3) is 3.76. The van der Waals surface area contributed by atoms with E-state index in [9.17, 15) is 14.4 Å². The van der Waals surface area contributed by atoms with Gasteiger partial charge in [0.05, 0.1) is 13.0 Å². The Bertz CT molecular complexity index is 1530. The van der Waals surface area contributed by atoms with Crippen LogP contribution in [0.4, 0.5) is 10.5 Å². The lowest BCUT2D eigenvalue weighted by Crippen LogP contribution is -2.58. The Morgan fingerprint density at radius 2 is 1.70 bits per heavy atom. The smallest absolute Gasteiger partial charge is 0.408 e. The molecule has 0 bridgehead atoms. The van der Waals surface area contributed by atoms with E-state index >= 15 is 0 Å². The second-order valence-corrected chi connectivity index (χ2v) is 9.46. The Hall–Kier alpha value is -4.46. The van der Waals surface area contributed by atoms with Crippen molar-refractivity contribution in [1.82, 2.24) is 14.9 Å². The maximum Gasteiger partial charge on any atom is 0.408 e. The number of carbonyl (C=O) groups is 3. The Balaban J connectivity index is 1.83. The molecule has 1 aliphatic heterocycles. The molecule has 8 heteroatoms. The fraction of sp³-hybridized carbons (Fsp3) is 0.241. The molecule has 0 fully saturated rings. The lowest BCUT2D eigenvalue weighted by atomic mass is 9.72. The number of ketones is 1. The third-order valence-electron chi connectivity index (χ3n) is 7.06. The van der Waals surface area contributed by atoms with Crippen LogP contribution in [0.2, 0.25) is 0 Å². The van der Waals surface area contributed by atoms with Crippen LogP contribution in [0, 0.1) is 0 Å². The zero-order valence-corrected chi connectivity index (χ0v) is 21.1. The van der Waals surface area contributed by atoms with E-state index in [1.54, 1.807) is 42.2 Å². The minimum absolute atomic E-state index is 0.0440. The number of Topliss-reactive ketones (excluding diaryl/α,β-unsaturated/α-hetero) is 1. The number of likely N-dealkylation sites (N-methyl/N-ethyl adjacent to an activating group) is 1. The standard InChI is InChI=1S/C29H28N4O4/c1-18(2)33-16-15-30-26(33)25(34)24(21-14-13-19-9-5-6-10-20(19)17-21)29(31-28(36)37-4)22-11-7-8-12-23(22)32(3)27(29)35/h5-18,24H,1-4H3,(H,31,36)/t24-,29-/m0/s1. The molecule has 0 saturated heterocycles. The summed E-state index contributed by atoms with van der Waals surface area (Å²) in [4.78, 5) is 47.4. The summed E-state index contributed by atoms with van der Waals surface area (Å²) in [5.74, 6) is -1.74. The van der Waals surface area contributed by atoms with Crippen LogP contribution in [0.25, 0.3) is 10.8 Å². The summed E-state index contributed by atoms with van der Waals surface area (Å²) in [5.41, 5.74) is -0.0558. The zero-order valence-electron chi connectivity index (χ0n) is 21.1. The molecule has 2 heterocycles. The lowest BCUT2D eigenvalue weighted by molar-refractivity contribution is -0.124. The van der Waals surface area contributed by atoms with Gasteiger partial charge in [0.15, 0.2) is 11.4 Å². The van der Waals surface area contributed by atoms with Crippen LogP contribution in [0.1, 0.15) is 47.6 Å². The molecular weight excluding hydrogens is 468 g/mol. The van der Waals surface area contributed by atoms with Crippen molar-refractivity contribution >= 4 is 34.2 Å². The van der Waals surface area contributed by atoms with Crippen LogP contribution < -0.4 is 10.2 Å². The van der Waals surface area contributed by atoms with Gasteiger partial charge in [0.25, 0.3) is 5.91 Å². The van der Waals surface area contributed by atoms with E-state index in [4.69, 9.17) is 4.74 Å². The van der Waals surface area contributed by atoms with Crippen molar-refractivity contribution in [2.24, 2.45) is 0 Å². The normalized spacial score (nSPS) is 17.6. The highest BCUT2D eigenvalue weighted by molar-refractivity contribution is 6.15. The van der Waals surface area contributed by atoms with Gasteiger partial charge < -0.3 is 19.5 Å². The number of fused-ring (bicyclic) bond motifs is 2. The molecule has 1 aliphatic rings. The number of amides is 2. The average Bonchev–Trinajstić information content (AvgIpc) is 3.48. The van der Waals surface area contributed by atoms with E-state index in [2.05, 4.69) is 10.3 Å². The highest BCUT2D eigenvalue weighted by Crippen LogP contribution is 2.49. The summed E-state index contributed by atoms with van der Waals surface area (Å²) in [5, 5.41) is 4.71. The van der Waals surface area contributed by atoms with Crippen LogP contribution in [-0.4, -0.2) is 41.5 Å². The number of rotatable bonds is 6. The van der Waals surface area contributed by atoms with E-state index in [1.165, 1.54) is 12.0 Å². The topological polar surface area (TPSA) is 93.5 Å². The number of carbonyl (C=O) groups excluding carboxylic acids is 3. The number of alkyl carbamates (subject to hydrolysis) is 1. The number of imidazole rings is 1. The van der Waals surface area contributed by atoms with E-state index in [1.807, 2.05) is 62.4 Å². The minimum Gasteiger partial charge on any atom is -0.453 e. The van der Waals surface area contributed by atoms with Crippen molar-refractivity contribution in [2.45, 2.75) is 31.3 Å². The quantitative estimate of drug-likeness (QED) is 0.387. The van der Waals surface area contributed by atoms with Gasteiger partial charge in [-0.3, -0.25) is 9.59 Å². The van der Waals surface area contributed by atoms with Gasteiger partial charge in [-0.1, -0.05) is 60.7 Å². The summed E-state index contributed by atoms with van der Waals surface area (Å²) in [7, 11) is 2.87. The van der Waals surface area contributed by atoms with Gasteiger partial charge in [-0.2, -0.15) is 0 Å². The molecular formula is C29H28N4O4. The number of aromatic nitrogens is 2. The molecule has 0 aliphatic carbocycles. The number of hydrogen-bond donors (Lipinski definition) is 1. The van der Waals surface area contributed by atoms with Crippen LogP contribution in [-0.2, 0) is 15.1 Å². The first-order valence-electron chi connectivity index (χ1n) is 12.1. The largest absolute Gasteiger partial charge is 0.453 e. The monoisotopic (exact) mass is 496 g/mol. The summed E-state index contributed by atoms with van der Waals surface area (Å²) in [6, 6.07) is 20.6. The molecule has 188 valence electrons. The highest BCUT2D eigenvalue weighted by Gasteiger charge is 2.59. The summed E-state index contributed by atoms with van der Waals surface area (Å²) >= 11 is 0. The van der Waals surface area contributed by atoms with Gasteiger partial charge >= 0.3 is 6.09 Å². The average molecular weight is 497 g/mol. The molecule has 0 radical (unpaired) electrons. The van der Waals surface area contributed by atoms with Crippen molar-refractivity contribution in [3.8, 4) is 0 Å². The van der Waals surface area contributed by atoms with Crippen LogP contribution >= 0.6 is 0 Å². The number of para-hydroxylation sites is 1. The van der Waals surface area contributed by atoms with Crippen molar-refractivity contribution < 1.29 is 19.1 Å². The molecule has 37 heavy (non-hydrogen) atoms. The van der Waals surface area contributed by atoms with Crippen LogP contribution in [0.15, 0.2) is 79.1 Å². The Morgan fingerprint density at radius 1 is 1.00 bits per heavy atom. The van der Waals surface area contributed by atoms with Crippen molar-refractivity contribution in [3.63, 3.8) is 0 Å². The molecule has 1 aromatic heterocycles. The Morgan fingerprint density at radius 3 is 2.43 bits per heavy atom. The van der Waals surface area contributed by atoms with Gasteiger partial charge in [0.2, 0.25) is 5.78 Å². The van der Waals surface area contributed by atoms with Gasteiger partial charge in [0, 0.05) is 36.7 Å². The van der Waals surface area contributed by atoms with Gasteiger partial charge in [0.1, 0.15) is 0 Å². The minimum atomic E-state index is -1.76. The van der Waals surface area contributed by atoms with Crippen molar-refractivity contribution in [2.75, 3.05) is 19.1 Å². The van der Waals surface area contributed by atoms with Crippen LogP contribution in [0.5, 0.6) is 0 Å². The second-order valence-electron chi connectivity index (χ2n) is 9.46. The number of nitrogens with zero attached hydrogens (tertiary/aromatic N) is 3. The van der Waals surface area contributed by atoms with Crippen molar-refractivity contribution in [3.05, 3.63) is 96.1 Å². The SMILES string of the molecule is COC(=O)N[C@@]1([C@H](C(=O)c2nccn2C(C)C)c2ccc3ccccc3c2)C(=O)N(C)c2ccccc21. The zero-order chi connectivity index (χ0) is 26.3. The predicted octanol–water partition coefficient (Wildman–Crippen LogP) is 4.81. The first kappa shape index (κ1) is 24.2. The van der Waals surface area contributed by atoms with Gasteiger partial charge in [-0.05, 0) is 36.2 Å². The Kier molecular flexibility index (Phi) is 6.03. The number of hydrogen-bond acceptors (Lipinski definition) is 5. The summed E-state index contributed by atoms with van der Waals surface area (Å²) < 4.78 is 6.75. The van der Waals surface area contributed by atoms with Crippen molar-refractivity contribution in [1.29, 1.82) is 0 Å². The number of anilines is 1. The molecule has 0 spiro atoms. The fourth-order valence-corrected chi connectivity index (χ4v) is 5.31. The predicted molar refractivity (Wildman–Crippen MR) is 141 cm³/mol. The molecule has 2 amide bonds. The van der Waals surface area contributed by atoms with E-state index in [0.717, 1.165) is 10.8 Å². The molecule has 0 unspecified atom stereocenters. The first-order chi connectivity index (χ1) is 17.8. The van der Waals surface area contributed by atoms with Crippen LogP contribution in [0.3, 0.4) is 0 Å². The third-order valence-corrected chi connectivity index (χ3v) is 7.06. The highest BCUT2D eigenvalue weighted by atomic mass is 16.5. The Labute approximate surface area is 214 Å². The molecule has 0 saturated carbocycles. The first-order valence-corrected chi connectivity index (χ1v) is 12.1. The molecule has 3 aromatic carbocycles. The van der Waals surface area contributed by atoms with Gasteiger partial charge in [-0.25, -0.2) is 9.78 Å². The van der Waals surface area contributed by atoms with E-state index < -0.39 is 23.5 Å². The molecule has 5 rings (SSSR count). The van der Waals surface area contributed by atoms with E-state index in [0.29, 0.717) is 16.8 Å². The molecule has 2 atom stereocenters. The van der Waals surface area contributed by atoms with Gasteiger partial charge in [-0.15, -0.1) is 0 Å². The number of ether oxygens (including phenoxy) is 1. The van der Waals surface area contributed by atoms with E-state index in [-0.39, 0.29) is 17.6 Å². The number of nitrogens with one attached hydrogen (secondary N) is 1. The molecule has 4 aromatic rings.